The maximum Gasteiger partial charge on any atom is 0.321 e. The van der Waals surface area contributed by atoms with Gasteiger partial charge in [0.25, 0.3) is 0 Å². The van der Waals surface area contributed by atoms with Gasteiger partial charge in [-0.05, 0) is 26.2 Å². The Morgan fingerprint density at radius 1 is 1.00 bits per heavy atom. The first-order valence-electron chi connectivity index (χ1n) is 8.55. The minimum Gasteiger partial charge on any atom is -0.435 e. The lowest BCUT2D eigenvalue weighted by Gasteiger charge is -2.35. The molecule has 0 rings (SSSR count). The molecule has 0 aromatic rings. The van der Waals surface area contributed by atoms with Crippen LogP contribution in [0.4, 0.5) is 0 Å². The van der Waals surface area contributed by atoms with Gasteiger partial charge in [-0.15, -0.1) is 0 Å². The first kappa shape index (κ1) is 23.5. The van der Waals surface area contributed by atoms with Crippen LogP contribution in [0, 0.1) is 0 Å². The summed E-state index contributed by atoms with van der Waals surface area (Å²) in [6.07, 6.45) is 1.38. The molecule has 140 valence electrons. The topological polar surface area (TPSA) is 50.7 Å². The van der Waals surface area contributed by atoms with Crippen molar-refractivity contribution in [1.82, 2.24) is 5.32 Å². The van der Waals surface area contributed by atoms with E-state index in [1.54, 1.807) is 0 Å². The second-order valence-electron chi connectivity index (χ2n) is 9.87. The second kappa shape index (κ2) is 8.70. The van der Waals surface area contributed by atoms with Gasteiger partial charge < -0.3 is 23.4 Å². The fraction of sp³-hybridized carbons (Fsp3) is 1.00. The van der Waals surface area contributed by atoms with Crippen molar-refractivity contribution in [2.45, 2.75) is 51.9 Å². The molecule has 0 spiro atoms. The summed E-state index contributed by atoms with van der Waals surface area (Å²) in [5.74, 6) is 0. The van der Waals surface area contributed by atoms with E-state index in [9.17, 15) is 5.11 Å². The normalized spacial score (nSPS) is 15.8. The standard InChI is InChI=1S/C15H41N2O3Si3/c1-17(2,3)12-15(18)11-16-13-22(7,8)20-23(9,10)19-14-21(4,5)6/h15-16,18H,11-14H2,1-10H3/q+1. The van der Waals surface area contributed by atoms with E-state index in [2.05, 4.69) is 72.3 Å². The average Bonchev–Trinajstić information content (AvgIpc) is 2.21. The Morgan fingerprint density at radius 3 is 1.96 bits per heavy atom. The summed E-state index contributed by atoms with van der Waals surface area (Å²) in [7, 11) is 1.16. The number of nitrogens with zero attached hydrogens (tertiary/aromatic N) is 1. The molecule has 23 heavy (non-hydrogen) atoms. The quantitative estimate of drug-likeness (QED) is 0.424. The van der Waals surface area contributed by atoms with Crippen LogP contribution in [-0.4, -0.2) is 87.3 Å². The molecule has 0 fully saturated rings. The van der Waals surface area contributed by atoms with Crippen LogP contribution in [0.5, 0.6) is 0 Å². The van der Waals surface area contributed by atoms with Crippen molar-refractivity contribution >= 4 is 25.0 Å². The molecule has 2 N–H and O–H groups in total. The van der Waals surface area contributed by atoms with Gasteiger partial charge in [0.15, 0.2) is 8.32 Å². The van der Waals surface area contributed by atoms with Crippen LogP contribution in [0.15, 0.2) is 0 Å². The number of aliphatic hydroxyl groups excluding tert-OH is 1. The summed E-state index contributed by atoms with van der Waals surface area (Å²) in [5.41, 5.74) is 0. The van der Waals surface area contributed by atoms with Gasteiger partial charge >= 0.3 is 8.56 Å². The molecule has 0 saturated carbocycles. The monoisotopic (exact) mass is 381 g/mol. The highest BCUT2D eigenvalue weighted by Crippen LogP contribution is 2.17. The Morgan fingerprint density at radius 2 is 1.52 bits per heavy atom. The van der Waals surface area contributed by atoms with Gasteiger partial charge in [-0.2, -0.15) is 0 Å². The number of likely N-dealkylation sites (N-methyl/N-ethyl adjacent to an activating group) is 1. The summed E-state index contributed by atoms with van der Waals surface area (Å²) < 4.78 is 13.4. The van der Waals surface area contributed by atoms with Gasteiger partial charge in [0.2, 0.25) is 0 Å². The van der Waals surface area contributed by atoms with Crippen molar-refractivity contribution in [2.24, 2.45) is 0 Å². The number of hydrogen-bond acceptors (Lipinski definition) is 4. The number of quaternary nitrogens is 1. The van der Waals surface area contributed by atoms with E-state index in [1.807, 2.05) is 0 Å². The fourth-order valence-corrected chi connectivity index (χ4v) is 12.1. The van der Waals surface area contributed by atoms with E-state index >= 15 is 0 Å². The van der Waals surface area contributed by atoms with Crippen molar-refractivity contribution in [1.29, 1.82) is 0 Å². The fourth-order valence-electron chi connectivity index (χ4n) is 2.36. The highest BCUT2D eigenvalue weighted by Gasteiger charge is 2.35. The van der Waals surface area contributed by atoms with Crippen LogP contribution < -0.4 is 5.32 Å². The van der Waals surface area contributed by atoms with Crippen molar-refractivity contribution in [3.8, 4) is 0 Å². The first-order valence-corrected chi connectivity index (χ1v) is 18.2. The van der Waals surface area contributed by atoms with E-state index in [0.717, 1.165) is 23.4 Å². The highest BCUT2D eigenvalue weighted by molar-refractivity contribution is 6.83. The van der Waals surface area contributed by atoms with Crippen LogP contribution in [0.3, 0.4) is 0 Å². The van der Waals surface area contributed by atoms with Gasteiger partial charge in [-0.3, -0.25) is 0 Å². The molecule has 1 unspecified atom stereocenters. The lowest BCUT2D eigenvalue weighted by molar-refractivity contribution is -0.873. The molecule has 0 heterocycles. The third kappa shape index (κ3) is 14.5. The molecule has 0 aromatic heterocycles. The molecule has 0 aliphatic carbocycles. The zero-order valence-corrected chi connectivity index (χ0v) is 20.1. The largest absolute Gasteiger partial charge is 0.435 e. The Bertz CT molecular complexity index is 353. The molecule has 5 nitrogen and oxygen atoms in total. The predicted molar refractivity (Wildman–Crippen MR) is 107 cm³/mol. The van der Waals surface area contributed by atoms with Crippen molar-refractivity contribution in [3.63, 3.8) is 0 Å². The third-order valence-corrected chi connectivity index (χ3v) is 10.5. The Labute approximate surface area is 147 Å². The molecular weight excluding hydrogens is 340 g/mol. The maximum atomic E-state index is 10.1. The molecule has 0 bridgehead atoms. The smallest absolute Gasteiger partial charge is 0.321 e. The SMILES string of the molecule is C[N+](C)(C)CC(O)CNC[Si](C)(C)O[Si](C)(C)OC[Si](C)(C)C. The van der Waals surface area contributed by atoms with Crippen LogP contribution in [0.1, 0.15) is 0 Å². The van der Waals surface area contributed by atoms with Crippen molar-refractivity contribution in [3.05, 3.63) is 0 Å². The Kier molecular flexibility index (Phi) is 8.87. The maximum absolute atomic E-state index is 10.1. The summed E-state index contributed by atoms with van der Waals surface area (Å²) in [6, 6.07) is 0. The van der Waals surface area contributed by atoms with Gasteiger partial charge in [-0.25, -0.2) is 0 Å². The van der Waals surface area contributed by atoms with Crippen molar-refractivity contribution in [2.75, 3.05) is 46.6 Å². The summed E-state index contributed by atoms with van der Waals surface area (Å²) >= 11 is 0. The average molecular weight is 382 g/mol. The highest BCUT2D eigenvalue weighted by atomic mass is 28.4. The molecule has 0 aliphatic heterocycles. The summed E-state index contributed by atoms with van der Waals surface area (Å²) in [5, 5.41) is 13.5. The van der Waals surface area contributed by atoms with E-state index in [4.69, 9.17) is 8.54 Å². The van der Waals surface area contributed by atoms with Crippen LogP contribution in [0.2, 0.25) is 45.8 Å². The number of hydrogen-bond donors (Lipinski definition) is 2. The lowest BCUT2D eigenvalue weighted by Crippen LogP contribution is -2.54. The molecule has 1 atom stereocenters. The van der Waals surface area contributed by atoms with E-state index in [0.29, 0.717) is 6.54 Å². The molecule has 0 radical (unpaired) electrons. The summed E-state index contributed by atoms with van der Waals surface area (Å²) in [4.78, 5) is 0. The Balaban J connectivity index is 4.26. The predicted octanol–water partition coefficient (Wildman–Crippen LogP) is 2.00. The minimum absolute atomic E-state index is 0.326. The van der Waals surface area contributed by atoms with Gasteiger partial charge in [0.1, 0.15) is 12.6 Å². The van der Waals surface area contributed by atoms with Crippen molar-refractivity contribution < 1.29 is 18.1 Å². The number of rotatable bonds is 11. The Hall–Kier alpha value is 0.451. The first-order chi connectivity index (χ1) is 10.0. The summed E-state index contributed by atoms with van der Waals surface area (Å²) in [6.45, 7) is 17.0. The second-order valence-corrected chi connectivity index (χ2v) is 23.1. The van der Waals surface area contributed by atoms with Gasteiger partial charge in [0, 0.05) is 18.9 Å². The molecule has 0 aromatic carbocycles. The van der Waals surface area contributed by atoms with E-state index in [1.165, 1.54) is 0 Å². The molecule has 0 saturated heterocycles. The number of nitrogens with one attached hydrogen (secondary N) is 1. The third-order valence-electron chi connectivity index (χ3n) is 3.06. The lowest BCUT2D eigenvalue weighted by atomic mass is 10.3. The van der Waals surface area contributed by atoms with E-state index < -0.39 is 25.0 Å². The zero-order valence-electron chi connectivity index (χ0n) is 17.1. The van der Waals surface area contributed by atoms with Crippen LogP contribution >= 0.6 is 0 Å². The minimum atomic E-state index is -2.07. The molecule has 8 heteroatoms. The molecular formula is C15H41N2O3Si3+. The molecule has 0 amide bonds. The number of aliphatic hydroxyl groups is 1. The van der Waals surface area contributed by atoms with Gasteiger partial charge in [0.05, 0.1) is 29.2 Å². The van der Waals surface area contributed by atoms with E-state index in [-0.39, 0.29) is 6.10 Å². The van der Waals surface area contributed by atoms with Gasteiger partial charge in [-0.1, -0.05) is 19.6 Å². The molecule has 0 aliphatic rings. The zero-order chi connectivity index (χ0) is 18.5. The van der Waals surface area contributed by atoms with Crippen LogP contribution in [-0.2, 0) is 8.54 Å². The van der Waals surface area contributed by atoms with Crippen LogP contribution in [0.25, 0.3) is 0 Å².